The van der Waals surface area contributed by atoms with Gasteiger partial charge in [-0.15, -0.1) is 0 Å². The van der Waals surface area contributed by atoms with Gasteiger partial charge in [-0.05, 0) is 22.0 Å². The highest BCUT2D eigenvalue weighted by atomic mass is 79.9. The second-order valence-electron chi connectivity index (χ2n) is 3.94. The molecule has 2 aromatic carbocycles. The zero-order valence-electron chi connectivity index (χ0n) is 9.85. The second kappa shape index (κ2) is 5.70. The molecule has 2 N–H and O–H groups in total. The minimum atomic E-state index is -1.52. The van der Waals surface area contributed by atoms with Crippen LogP contribution in [0.25, 0.3) is 0 Å². The number of anilines is 1. The van der Waals surface area contributed by atoms with E-state index in [0.29, 0.717) is 10.0 Å². The number of benzene rings is 2. The molecule has 0 aromatic heterocycles. The van der Waals surface area contributed by atoms with E-state index in [9.17, 15) is 22.7 Å². The molecule has 0 spiro atoms. The number of hydrogen-bond donors (Lipinski definition) is 2. The fourth-order valence-corrected chi connectivity index (χ4v) is 2.02. The Hall–Kier alpha value is -1.76. The molecular weight excluding hydrogens is 342 g/mol. The summed E-state index contributed by atoms with van der Waals surface area (Å²) >= 11 is 3.08. The van der Waals surface area contributed by atoms with Gasteiger partial charge in [-0.3, -0.25) is 0 Å². The van der Waals surface area contributed by atoms with E-state index in [0.717, 1.165) is 0 Å². The summed E-state index contributed by atoms with van der Waals surface area (Å²) in [7, 11) is 0. The molecule has 0 aliphatic carbocycles. The molecule has 0 aliphatic rings. The summed E-state index contributed by atoms with van der Waals surface area (Å²) in [4.78, 5) is 0. The van der Waals surface area contributed by atoms with Crippen LogP contribution in [0.5, 0.6) is 5.75 Å². The lowest BCUT2D eigenvalue weighted by Gasteiger charge is -2.11. The summed E-state index contributed by atoms with van der Waals surface area (Å²) in [5, 5.41) is 11.9. The van der Waals surface area contributed by atoms with Crippen LogP contribution >= 0.6 is 15.9 Å². The van der Waals surface area contributed by atoms with Gasteiger partial charge in [-0.25, -0.2) is 17.6 Å². The van der Waals surface area contributed by atoms with E-state index in [1.165, 1.54) is 6.07 Å². The molecule has 106 valence electrons. The number of rotatable bonds is 3. The maximum Gasteiger partial charge on any atom is 0.185 e. The minimum Gasteiger partial charge on any atom is -0.506 e. The number of phenolic OH excluding ortho intramolecular Hbond substituents is 1. The lowest BCUT2D eigenvalue weighted by molar-refractivity contribution is 0.456. The van der Waals surface area contributed by atoms with Crippen molar-refractivity contribution in [1.82, 2.24) is 0 Å². The molecule has 0 unspecified atom stereocenters. The molecule has 2 rings (SSSR count). The first-order chi connectivity index (χ1) is 9.41. The van der Waals surface area contributed by atoms with Gasteiger partial charge in [-0.2, -0.15) is 0 Å². The van der Waals surface area contributed by atoms with E-state index in [2.05, 4.69) is 21.2 Å². The van der Waals surface area contributed by atoms with Gasteiger partial charge in [0.2, 0.25) is 0 Å². The van der Waals surface area contributed by atoms with Gasteiger partial charge in [0.05, 0.1) is 4.47 Å². The lowest BCUT2D eigenvalue weighted by atomic mass is 10.2. The number of halogens is 5. The number of para-hydroxylation sites is 1. The van der Waals surface area contributed by atoms with Crippen LogP contribution in [0.4, 0.5) is 23.2 Å². The predicted molar refractivity (Wildman–Crippen MR) is 69.4 cm³/mol. The van der Waals surface area contributed by atoms with E-state index in [4.69, 9.17) is 0 Å². The van der Waals surface area contributed by atoms with Crippen LogP contribution in [-0.4, -0.2) is 5.11 Å². The second-order valence-corrected chi connectivity index (χ2v) is 4.80. The van der Waals surface area contributed by atoms with Crippen LogP contribution < -0.4 is 5.32 Å². The number of aromatic hydroxyl groups is 1. The molecule has 20 heavy (non-hydrogen) atoms. The van der Waals surface area contributed by atoms with Crippen molar-refractivity contribution < 1.29 is 22.7 Å². The van der Waals surface area contributed by atoms with Crippen LogP contribution in [0.3, 0.4) is 0 Å². The van der Waals surface area contributed by atoms with E-state index < -0.39 is 29.0 Å². The van der Waals surface area contributed by atoms with Crippen molar-refractivity contribution in [1.29, 1.82) is 0 Å². The van der Waals surface area contributed by atoms with E-state index in [1.54, 1.807) is 12.1 Å². The van der Waals surface area contributed by atoms with Gasteiger partial charge < -0.3 is 10.4 Å². The number of nitrogens with one attached hydrogen (secondary N) is 1. The molecule has 0 saturated carbocycles. The average molecular weight is 350 g/mol. The SMILES string of the molecule is Oc1c(Br)cccc1CNc1c(F)c(F)cc(F)c1F. The van der Waals surface area contributed by atoms with Crippen molar-refractivity contribution in [2.75, 3.05) is 5.32 Å². The summed E-state index contributed by atoms with van der Waals surface area (Å²) in [6.45, 7) is -0.206. The monoisotopic (exact) mass is 349 g/mol. The molecular formula is C13H8BrF4NO. The molecule has 0 radical (unpaired) electrons. The van der Waals surface area contributed by atoms with E-state index in [-0.39, 0.29) is 18.4 Å². The molecule has 0 fully saturated rings. The number of hydrogen-bond acceptors (Lipinski definition) is 2. The highest BCUT2D eigenvalue weighted by molar-refractivity contribution is 9.10. The smallest absolute Gasteiger partial charge is 0.185 e. The fourth-order valence-electron chi connectivity index (χ4n) is 1.61. The Morgan fingerprint density at radius 2 is 1.65 bits per heavy atom. The third-order valence-corrected chi connectivity index (χ3v) is 3.28. The molecule has 0 aliphatic heterocycles. The number of phenols is 1. The van der Waals surface area contributed by atoms with Gasteiger partial charge in [0.15, 0.2) is 23.3 Å². The Balaban J connectivity index is 2.30. The summed E-state index contributed by atoms with van der Waals surface area (Å²) in [6, 6.07) is 4.80. The molecule has 7 heteroatoms. The first-order valence-electron chi connectivity index (χ1n) is 5.45. The summed E-state index contributed by atoms with van der Waals surface area (Å²) < 4.78 is 53.2. The van der Waals surface area contributed by atoms with Crippen molar-refractivity contribution in [3.8, 4) is 5.75 Å². The quantitative estimate of drug-likeness (QED) is 0.638. The first-order valence-corrected chi connectivity index (χ1v) is 6.24. The molecule has 0 amide bonds. The summed E-state index contributed by atoms with van der Waals surface area (Å²) in [5.74, 6) is -6.15. The van der Waals surface area contributed by atoms with Crippen molar-refractivity contribution in [2.24, 2.45) is 0 Å². The molecule has 0 atom stereocenters. The zero-order chi connectivity index (χ0) is 14.9. The van der Waals surface area contributed by atoms with E-state index in [1.807, 2.05) is 0 Å². The molecule has 0 saturated heterocycles. The Morgan fingerprint density at radius 3 is 2.25 bits per heavy atom. The summed E-state index contributed by atoms with van der Waals surface area (Å²) in [6.07, 6.45) is 0. The van der Waals surface area contributed by atoms with Crippen LogP contribution in [-0.2, 0) is 6.54 Å². The molecule has 0 heterocycles. The topological polar surface area (TPSA) is 32.3 Å². The molecule has 0 bridgehead atoms. The predicted octanol–water partition coefficient (Wildman–Crippen LogP) is 4.32. The van der Waals surface area contributed by atoms with E-state index >= 15 is 0 Å². The van der Waals surface area contributed by atoms with Gasteiger partial charge in [0, 0.05) is 18.2 Å². The zero-order valence-corrected chi connectivity index (χ0v) is 11.4. The normalized spacial score (nSPS) is 10.7. The summed E-state index contributed by atoms with van der Waals surface area (Å²) in [5.41, 5.74) is -0.607. The van der Waals surface area contributed by atoms with Gasteiger partial charge in [0.1, 0.15) is 11.4 Å². The van der Waals surface area contributed by atoms with Crippen LogP contribution in [0.2, 0.25) is 0 Å². The van der Waals surface area contributed by atoms with Crippen LogP contribution in [0.1, 0.15) is 5.56 Å². The standard InChI is InChI=1S/C13H8BrF4NO/c14-7-3-1-2-6(13(7)20)5-19-12-10(17)8(15)4-9(16)11(12)18/h1-4,19-20H,5H2. The Labute approximate surface area is 120 Å². The maximum atomic E-state index is 13.4. The maximum absolute atomic E-state index is 13.4. The fraction of sp³-hybridized carbons (Fsp3) is 0.0769. The third-order valence-electron chi connectivity index (χ3n) is 2.64. The van der Waals surface area contributed by atoms with Gasteiger partial charge in [-0.1, -0.05) is 12.1 Å². The Kier molecular flexibility index (Phi) is 4.17. The minimum absolute atomic E-state index is 0.127. The Bertz CT molecular complexity index is 637. The largest absolute Gasteiger partial charge is 0.506 e. The van der Waals surface area contributed by atoms with Gasteiger partial charge >= 0.3 is 0 Å². The van der Waals surface area contributed by atoms with Crippen molar-refractivity contribution >= 4 is 21.6 Å². The Morgan fingerprint density at radius 1 is 1.05 bits per heavy atom. The molecule has 2 nitrogen and oxygen atoms in total. The molecule has 2 aromatic rings. The van der Waals surface area contributed by atoms with Crippen LogP contribution in [0, 0.1) is 23.3 Å². The average Bonchev–Trinajstić information content (AvgIpc) is 2.41. The van der Waals surface area contributed by atoms with Crippen molar-refractivity contribution in [3.05, 3.63) is 57.6 Å². The van der Waals surface area contributed by atoms with Gasteiger partial charge in [0.25, 0.3) is 0 Å². The van der Waals surface area contributed by atoms with Crippen molar-refractivity contribution in [3.63, 3.8) is 0 Å². The van der Waals surface area contributed by atoms with Crippen molar-refractivity contribution in [2.45, 2.75) is 6.54 Å². The highest BCUT2D eigenvalue weighted by Crippen LogP contribution is 2.29. The third kappa shape index (κ3) is 2.72. The lowest BCUT2D eigenvalue weighted by Crippen LogP contribution is -2.07. The first kappa shape index (κ1) is 14.6. The van der Waals surface area contributed by atoms with Crippen LogP contribution in [0.15, 0.2) is 28.7 Å². The highest BCUT2D eigenvalue weighted by Gasteiger charge is 2.19.